The molecule has 1 aliphatic heterocycles. The van der Waals surface area contributed by atoms with Crippen LogP contribution in [-0.2, 0) is 25.4 Å². The Kier molecular flexibility index (Phi) is 4.93. The predicted molar refractivity (Wildman–Crippen MR) is 59.7 cm³/mol. The number of ether oxygens (including phenoxy) is 1. The zero-order valence-corrected chi connectivity index (χ0v) is 9.76. The molecule has 0 aliphatic carbocycles. The van der Waals surface area contributed by atoms with E-state index in [9.17, 15) is 5.11 Å². The second-order valence-corrected chi connectivity index (χ2v) is 6.36. The lowest BCUT2D eigenvalue weighted by atomic mass is 10.1. The van der Waals surface area contributed by atoms with E-state index in [1.54, 1.807) is 0 Å². The summed E-state index contributed by atoms with van der Waals surface area (Å²) in [6.07, 6.45) is -0.839. The van der Waals surface area contributed by atoms with E-state index in [4.69, 9.17) is 28.0 Å². The fraction of sp³-hybridized carbons (Fsp3) is 0.889. The van der Waals surface area contributed by atoms with Crippen molar-refractivity contribution in [2.75, 3.05) is 12.4 Å². The van der Waals surface area contributed by atoms with Crippen molar-refractivity contribution in [1.29, 1.82) is 0 Å². The first-order chi connectivity index (χ1) is 6.61. The van der Waals surface area contributed by atoms with Crippen LogP contribution < -0.4 is 0 Å². The first-order valence-electron chi connectivity index (χ1n) is 4.69. The zero-order chi connectivity index (χ0) is 10.7. The molecule has 0 aromatic rings. The lowest BCUT2D eigenvalue weighted by molar-refractivity contribution is -0.0112. The molecule has 1 aliphatic rings. The highest BCUT2D eigenvalue weighted by Crippen LogP contribution is 2.25. The van der Waals surface area contributed by atoms with Crippen LogP contribution in [0.3, 0.4) is 0 Å². The molecule has 1 heterocycles. The molecule has 1 saturated heterocycles. The average molecular weight is 236 g/mol. The van der Waals surface area contributed by atoms with Gasteiger partial charge < -0.3 is 14.9 Å². The molecule has 3 nitrogen and oxygen atoms in total. The highest BCUT2D eigenvalue weighted by atomic mass is 32.8. The zero-order valence-electron chi connectivity index (χ0n) is 8.13. The topological polar surface area (TPSA) is 49.7 Å². The van der Waals surface area contributed by atoms with Crippen LogP contribution >= 0.6 is 0 Å². The van der Waals surface area contributed by atoms with E-state index >= 15 is 0 Å². The molecule has 0 saturated carbocycles. The van der Waals surface area contributed by atoms with Crippen molar-refractivity contribution < 1.29 is 14.9 Å². The molecule has 0 aromatic carbocycles. The summed E-state index contributed by atoms with van der Waals surface area (Å²) in [5, 5.41) is 18.5. The Balaban J connectivity index is 2.64. The average Bonchev–Trinajstić information content (AvgIpc) is 2.41. The lowest BCUT2D eigenvalue weighted by Gasteiger charge is -2.19. The summed E-state index contributed by atoms with van der Waals surface area (Å²) in [6.45, 7) is 7.55. The van der Waals surface area contributed by atoms with Gasteiger partial charge in [0.1, 0.15) is 6.10 Å². The Morgan fingerprint density at radius 1 is 1.57 bits per heavy atom. The Morgan fingerprint density at radius 3 is 2.64 bits per heavy atom. The van der Waals surface area contributed by atoms with Gasteiger partial charge >= 0.3 is 0 Å². The van der Waals surface area contributed by atoms with Gasteiger partial charge in [-0.1, -0.05) is 18.1 Å². The summed E-state index contributed by atoms with van der Waals surface area (Å²) in [5.74, 6) is 0.867. The van der Waals surface area contributed by atoms with Crippen molar-refractivity contribution in [2.45, 2.75) is 36.9 Å². The molecule has 2 radical (unpaired) electrons. The Morgan fingerprint density at radius 2 is 2.21 bits per heavy atom. The van der Waals surface area contributed by atoms with Gasteiger partial charge in [-0.2, -0.15) is 0 Å². The summed E-state index contributed by atoms with van der Waals surface area (Å²) in [6, 6.07) is 0. The van der Waals surface area contributed by atoms with Crippen LogP contribution in [0, 0.1) is 6.92 Å². The second-order valence-electron chi connectivity index (χ2n) is 3.36. The van der Waals surface area contributed by atoms with Crippen molar-refractivity contribution in [3.63, 3.8) is 0 Å². The standard InChI is InChI=1S/C9H16O3S2/c1-3-4-14(13)9-6(2)12-7(5-10)8(9)11/h2,6-11H,3-5H2,1H3/t6-,7+,8-,9?,14?/m0/s1. The van der Waals surface area contributed by atoms with Gasteiger partial charge in [-0.25, -0.2) is 0 Å². The minimum Gasteiger partial charge on any atom is -0.394 e. The fourth-order valence-electron chi connectivity index (χ4n) is 1.56. The first kappa shape index (κ1) is 12.5. The molecule has 0 aromatic heterocycles. The third-order valence-electron chi connectivity index (χ3n) is 2.26. The van der Waals surface area contributed by atoms with Crippen LogP contribution in [0.5, 0.6) is 0 Å². The van der Waals surface area contributed by atoms with Crippen LogP contribution in [0.1, 0.15) is 13.3 Å². The van der Waals surface area contributed by atoms with Crippen LogP contribution in [0.4, 0.5) is 0 Å². The van der Waals surface area contributed by atoms with E-state index in [1.165, 1.54) is 0 Å². The van der Waals surface area contributed by atoms with Crippen molar-refractivity contribution in [3.05, 3.63) is 6.92 Å². The molecule has 0 bridgehead atoms. The molecular weight excluding hydrogens is 220 g/mol. The van der Waals surface area contributed by atoms with Gasteiger partial charge in [-0.3, -0.25) is 0 Å². The van der Waals surface area contributed by atoms with Crippen LogP contribution in [0.2, 0.25) is 0 Å². The number of hydrogen-bond donors (Lipinski definition) is 2. The smallest absolute Gasteiger partial charge is 0.108 e. The van der Waals surface area contributed by atoms with Crippen LogP contribution in [-0.4, -0.2) is 46.1 Å². The predicted octanol–water partition coefficient (Wildman–Crippen LogP) is -0.323. The third-order valence-corrected chi connectivity index (χ3v) is 5.39. The Hall–Kier alpha value is 0.450. The van der Waals surface area contributed by atoms with Crippen LogP contribution in [0.25, 0.3) is 0 Å². The van der Waals surface area contributed by atoms with Crippen molar-refractivity contribution in [2.24, 2.45) is 0 Å². The Bertz CT molecular complexity index is 210. The molecule has 1 rings (SSSR count). The van der Waals surface area contributed by atoms with E-state index < -0.39 is 18.3 Å². The van der Waals surface area contributed by atoms with Gasteiger partial charge in [-0.15, -0.1) is 9.45 Å². The minimum atomic E-state index is -0.720. The molecule has 82 valence electrons. The molecular formula is C9H16O3S2. The monoisotopic (exact) mass is 236 g/mol. The summed E-state index contributed by atoms with van der Waals surface area (Å²) < 4.78 is 5.22. The van der Waals surface area contributed by atoms with E-state index in [1.807, 2.05) is 6.92 Å². The number of aliphatic hydroxyl groups is 2. The first-order valence-corrected chi connectivity index (χ1v) is 7.07. The van der Waals surface area contributed by atoms with Gasteiger partial charge in [-0.05, 0) is 19.1 Å². The van der Waals surface area contributed by atoms with Gasteiger partial charge in [0, 0.05) is 0 Å². The maximum absolute atomic E-state index is 9.79. The van der Waals surface area contributed by atoms with Gasteiger partial charge in [0.05, 0.1) is 24.1 Å². The van der Waals surface area contributed by atoms with Crippen molar-refractivity contribution in [1.82, 2.24) is 0 Å². The normalized spacial score (nSPS) is 40.0. The molecule has 5 heteroatoms. The van der Waals surface area contributed by atoms with Crippen molar-refractivity contribution >= 4 is 20.6 Å². The van der Waals surface area contributed by atoms with Gasteiger partial charge in [0.2, 0.25) is 0 Å². The van der Waals surface area contributed by atoms with E-state index in [0.717, 1.165) is 12.2 Å². The van der Waals surface area contributed by atoms with E-state index in [0.29, 0.717) is 0 Å². The molecule has 14 heavy (non-hydrogen) atoms. The van der Waals surface area contributed by atoms with Gasteiger partial charge in [0.25, 0.3) is 0 Å². The summed E-state index contributed by atoms with van der Waals surface area (Å²) in [5.41, 5.74) is 0. The third kappa shape index (κ3) is 2.52. The minimum absolute atomic E-state index is 0.204. The van der Waals surface area contributed by atoms with Crippen LogP contribution in [0.15, 0.2) is 0 Å². The fourth-order valence-corrected chi connectivity index (χ4v) is 4.25. The molecule has 5 atom stereocenters. The molecule has 0 amide bonds. The lowest BCUT2D eigenvalue weighted by Crippen LogP contribution is -2.37. The van der Waals surface area contributed by atoms with E-state index in [2.05, 4.69) is 0 Å². The number of aliphatic hydroxyl groups excluding tert-OH is 2. The van der Waals surface area contributed by atoms with Crippen molar-refractivity contribution in [3.8, 4) is 0 Å². The molecule has 1 fully saturated rings. The molecule has 2 N–H and O–H groups in total. The van der Waals surface area contributed by atoms with E-state index in [-0.39, 0.29) is 21.3 Å². The molecule has 0 spiro atoms. The molecule has 2 unspecified atom stereocenters. The largest absolute Gasteiger partial charge is 0.394 e. The SMILES string of the molecule is [CH][C@@H]1O[C@H](CO)[C@H](O)C1S(=S)CCC. The van der Waals surface area contributed by atoms with Gasteiger partial charge in [0.15, 0.2) is 0 Å². The maximum atomic E-state index is 9.79. The second kappa shape index (κ2) is 5.51. The summed E-state index contributed by atoms with van der Waals surface area (Å²) in [4.78, 5) is 0. The highest BCUT2D eigenvalue weighted by molar-refractivity contribution is 8.29. The maximum Gasteiger partial charge on any atom is 0.108 e. The number of hydrogen-bond acceptors (Lipinski definition) is 4. The highest BCUT2D eigenvalue weighted by Gasteiger charge is 2.42. The summed E-state index contributed by atoms with van der Waals surface area (Å²) >= 11 is 5.28. The quantitative estimate of drug-likeness (QED) is 0.702. The summed E-state index contributed by atoms with van der Waals surface area (Å²) in [7, 11) is -0.356. The number of rotatable bonds is 4. The Labute approximate surface area is 92.1 Å².